The summed E-state index contributed by atoms with van der Waals surface area (Å²) < 4.78 is 5.02. The second-order valence-electron chi connectivity index (χ2n) is 3.76. The molecule has 2 N–H and O–H groups in total. The van der Waals surface area contributed by atoms with E-state index in [4.69, 9.17) is 9.84 Å². The van der Waals surface area contributed by atoms with Crippen molar-refractivity contribution in [3.63, 3.8) is 0 Å². The molecule has 94 valence electrons. The molecule has 16 heavy (non-hydrogen) atoms. The molecule has 0 spiro atoms. The van der Waals surface area contributed by atoms with Gasteiger partial charge < -0.3 is 15.2 Å². The number of carbonyl (C=O) groups is 2. The molecule has 0 saturated heterocycles. The minimum absolute atomic E-state index is 0.260. The number of hydrogen-bond acceptors (Lipinski definition) is 3. The molecular weight excluding hydrogens is 210 g/mol. The maximum Gasteiger partial charge on any atom is 0.332 e. The van der Waals surface area contributed by atoms with Gasteiger partial charge in [-0.15, -0.1) is 0 Å². The summed E-state index contributed by atoms with van der Waals surface area (Å²) in [6.07, 6.45) is 1.41. The number of rotatable bonds is 8. The first kappa shape index (κ1) is 14.9. The van der Waals surface area contributed by atoms with Crippen molar-refractivity contribution in [3.05, 3.63) is 0 Å². The Morgan fingerprint density at radius 3 is 2.38 bits per heavy atom. The molecule has 5 nitrogen and oxygen atoms in total. The standard InChI is InChI=1S/C11H21NO4/c1-4-5-6-7-12-10(13)8(2)16-9(3)11(14)15/h8-9H,4-7H2,1-3H3,(H,12,13)(H,14,15). The summed E-state index contributed by atoms with van der Waals surface area (Å²) in [5.74, 6) is -1.32. The molecule has 2 unspecified atom stereocenters. The van der Waals surface area contributed by atoms with Crippen LogP contribution >= 0.6 is 0 Å². The highest BCUT2D eigenvalue weighted by Gasteiger charge is 2.19. The van der Waals surface area contributed by atoms with E-state index in [1.165, 1.54) is 6.92 Å². The fourth-order valence-corrected chi connectivity index (χ4v) is 1.16. The molecule has 2 atom stereocenters. The third-order valence-electron chi connectivity index (χ3n) is 2.20. The van der Waals surface area contributed by atoms with Crippen molar-refractivity contribution in [1.29, 1.82) is 0 Å². The van der Waals surface area contributed by atoms with E-state index < -0.39 is 18.2 Å². The minimum atomic E-state index is -1.06. The summed E-state index contributed by atoms with van der Waals surface area (Å²) >= 11 is 0. The van der Waals surface area contributed by atoms with Crippen LogP contribution in [0.4, 0.5) is 0 Å². The van der Waals surface area contributed by atoms with Crippen LogP contribution in [-0.4, -0.2) is 35.7 Å². The Bertz CT molecular complexity index is 230. The van der Waals surface area contributed by atoms with E-state index in [0.717, 1.165) is 19.3 Å². The van der Waals surface area contributed by atoms with Crippen LogP contribution in [0.25, 0.3) is 0 Å². The van der Waals surface area contributed by atoms with Crippen LogP contribution < -0.4 is 5.32 Å². The van der Waals surface area contributed by atoms with Crippen molar-refractivity contribution >= 4 is 11.9 Å². The molecule has 0 heterocycles. The molecule has 0 aliphatic carbocycles. The van der Waals surface area contributed by atoms with Crippen molar-refractivity contribution in [2.45, 2.75) is 52.2 Å². The lowest BCUT2D eigenvalue weighted by Crippen LogP contribution is -2.38. The van der Waals surface area contributed by atoms with Crippen LogP contribution in [0.15, 0.2) is 0 Å². The van der Waals surface area contributed by atoms with E-state index in [1.807, 2.05) is 0 Å². The molecule has 0 aromatic carbocycles. The van der Waals surface area contributed by atoms with Gasteiger partial charge in [0.15, 0.2) is 6.10 Å². The Balaban J connectivity index is 3.77. The highest BCUT2D eigenvalue weighted by molar-refractivity contribution is 5.81. The molecule has 0 aromatic heterocycles. The first-order chi connectivity index (χ1) is 7.49. The van der Waals surface area contributed by atoms with Gasteiger partial charge in [0, 0.05) is 6.54 Å². The van der Waals surface area contributed by atoms with Crippen molar-refractivity contribution < 1.29 is 19.4 Å². The molecular formula is C11H21NO4. The number of unbranched alkanes of at least 4 members (excludes halogenated alkanes) is 2. The Kier molecular flexibility index (Phi) is 7.54. The number of hydrogen-bond donors (Lipinski definition) is 2. The molecule has 5 heteroatoms. The van der Waals surface area contributed by atoms with Gasteiger partial charge in [-0.05, 0) is 20.3 Å². The maximum atomic E-state index is 11.4. The zero-order valence-corrected chi connectivity index (χ0v) is 10.2. The Morgan fingerprint density at radius 2 is 1.88 bits per heavy atom. The van der Waals surface area contributed by atoms with Gasteiger partial charge in [0.2, 0.25) is 5.91 Å². The highest BCUT2D eigenvalue weighted by atomic mass is 16.5. The van der Waals surface area contributed by atoms with Gasteiger partial charge in [-0.2, -0.15) is 0 Å². The SMILES string of the molecule is CCCCCNC(=O)C(C)OC(C)C(=O)O. The molecule has 0 aliphatic heterocycles. The molecule has 0 bridgehead atoms. The second kappa shape index (κ2) is 8.10. The minimum Gasteiger partial charge on any atom is -0.479 e. The van der Waals surface area contributed by atoms with E-state index in [0.29, 0.717) is 6.54 Å². The van der Waals surface area contributed by atoms with E-state index in [-0.39, 0.29) is 5.91 Å². The normalized spacial score (nSPS) is 14.2. The van der Waals surface area contributed by atoms with E-state index in [2.05, 4.69) is 12.2 Å². The number of nitrogens with one attached hydrogen (secondary N) is 1. The molecule has 0 saturated carbocycles. The lowest BCUT2D eigenvalue weighted by Gasteiger charge is -2.15. The summed E-state index contributed by atoms with van der Waals surface area (Å²) in [4.78, 5) is 21.9. The average molecular weight is 231 g/mol. The van der Waals surface area contributed by atoms with Gasteiger partial charge in [-0.3, -0.25) is 4.79 Å². The van der Waals surface area contributed by atoms with E-state index in [1.54, 1.807) is 6.92 Å². The lowest BCUT2D eigenvalue weighted by molar-refractivity contribution is -0.155. The molecule has 0 rings (SSSR count). The zero-order valence-electron chi connectivity index (χ0n) is 10.2. The predicted molar refractivity (Wildman–Crippen MR) is 60.2 cm³/mol. The quantitative estimate of drug-likeness (QED) is 0.615. The van der Waals surface area contributed by atoms with Crippen LogP contribution in [0, 0.1) is 0 Å². The van der Waals surface area contributed by atoms with Gasteiger partial charge in [0.25, 0.3) is 0 Å². The number of amides is 1. The first-order valence-electron chi connectivity index (χ1n) is 5.65. The van der Waals surface area contributed by atoms with Crippen LogP contribution in [0.1, 0.15) is 40.0 Å². The monoisotopic (exact) mass is 231 g/mol. The molecule has 0 aliphatic rings. The van der Waals surface area contributed by atoms with Crippen molar-refractivity contribution in [3.8, 4) is 0 Å². The first-order valence-corrected chi connectivity index (χ1v) is 5.65. The van der Waals surface area contributed by atoms with Gasteiger partial charge in [0.1, 0.15) is 6.10 Å². The summed E-state index contributed by atoms with van der Waals surface area (Å²) in [5.41, 5.74) is 0. The Hall–Kier alpha value is -1.10. The number of carbonyl (C=O) groups excluding carboxylic acids is 1. The Labute approximate surface area is 96.2 Å². The maximum absolute atomic E-state index is 11.4. The fourth-order valence-electron chi connectivity index (χ4n) is 1.16. The van der Waals surface area contributed by atoms with E-state index >= 15 is 0 Å². The largest absolute Gasteiger partial charge is 0.479 e. The van der Waals surface area contributed by atoms with Gasteiger partial charge in [-0.1, -0.05) is 19.8 Å². The molecule has 0 aromatic rings. The van der Waals surface area contributed by atoms with Crippen molar-refractivity contribution in [2.75, 3.05) is 6.54 Å². The highest BCUT2D eigenvalue weighted by Crippen LogP contribution is 1.99. The van der Waals surface area contributed by atoms with Gasteiger partial charge in [-0.25, -0.2) is 4.79 Å². The number of carboxylic acid groups (broad SMARTS) is 1. The number of ether oxygens (including phenoxy) is 1. The third kappa shape index (κ3) is 6.40. The summed E-state index contributed by atoms with van der Waals surface area (Å²) in [5, 5.41) is 11.3. The number of aliphatic carboxylic acids is 1. The van der Waals surface area contributed by atoms with Crippen molar-refractivity contribution in [1.82, 2.24) is 5.32 Å². The third-order valence-corrected chi connectivity index (χ3v) is 2.20. The van der Waals surface area contributed by atoms with Gasteiger partial charge >= 0.3 is 5.97 Å². The summed E-state index contributed by atoms with van der Waals surface area (Å²) in [6, 6.07) is 0. The smallest absolute Gasteiger partial charge is 0.332 e. The molecule has 1 amide bonds. The van der Waals surface area contributed by atoms with E-state index in [9.17, 15) is 9.59 Å². The predicted octanol–water partition coefficient (Wildman–Crippen LogP) is 1.17. The molecule has 0 radical (unpaired) electrons. The van der Waals surface area contributed by atoms with Crippen molar-refractivity contribution in [2.24, 2.45) is 0 Å². The van der Waals surface area contributed by atoms with Crippen LogP contribution in [0.3, 0.4) is 0 Å². The fraction of sp³-hybridized carbons (Fsp3) is 0.818. The lowest BCUT2D eigenvalue weighted by atomic mass is 10.2. The topological polar surface area (TPSA) is 75.6 Å². The summed E-state index contributed by atoms with van der Waals surface area (Å²) in [6.45, 7) is 5.65. The van der Waals surface area contributed by atoms with Crippen LogP contribution in [0.2, 0.25) is 0 Å². The average Bonchev–Trinajstić information content (AvgIpc) is 2.23. The number of carboxylic acids is 1. The molecule has 0 fully saturated rings. The Morgan fingerprint density at radius 1 is 1.25 bits per heavy atom. The van der Waals surface area contributed by atoms with Crippen LogP contribution in [-0.2, 0) is 14.3 Å². The van der Waals surface area contributed by atoms with Gasteiger partial charge in [0.05, 0.1) is 0 Å². The summed E-state index contributed by atoms with van der Waals surface area (Å²) in [7, 11) is 0. The van der Waals surface area contributed by atoms with Crippen LogP contribution in [0.5, 0.6) is 0 Å². The second-order valence-corrected chi connectivity index (χ2v) is 3.76. The zero-order chi connectivity index (χ0) is 12.6.